The van der Waals surface area contributed by atoms with Gasteiger partial charge in [-0.15, -0.1) is 11.3 Å². The molecule has 0 atom stereocenters. The highest BCUT2D eigenvalue weighted by Crippen LogP contribution is 2.33. The summed E-state index contributed by atoms with van der Waals surface area (Å²) in [4.78, 5) is 41.3. The molecular weight excluding hydrogens is 576 g/mol. The summed E-state index contributed by atoms with van der Waals surface area (Å²) in [5.41, 5.74) is 1.87. The molecule has 10 heteroatoms. The Hall–Kier alpha value is -4.05. The lowest BCUT2D eigenvalue weighted by Gasteiger charge is -2.42. The molecule has 3 amide bonds. The molecule has 1 aliphatic rings. The first-order valence-corrected chi connectivity index (χ1v) is 15.9. The first-order chi connectivity index (χ1) is 20.7. The Morgan fingerprint density at radius 1 is 0.864 bits per heavy atom. The minimum Gasteiger partial charge on any atom is -0.444 e. The number of rotatable bonds is 7. The molecule has 1 saturated heterocycles. The standard InChI is InChI=1S/C34H44N4O5S/c1-8-34(17-19-38(20-18-34)31(41)43-33(5,6)7)37-25-14-11-23(12-15-25)29(39)35-27-22-24(28-10-9-21-44-28)13-16-26(27)36-30(40)42-32(2,3)4/h9-16,21-22,37H,8,17-20H2,1-7H3,(H,35,39)(H,36,40). The van der Waals surface area contributed by atoms with Crippen LogP contribution in [0.15, 0.2) is 60.0 Å². The molecule has 0 radical (unpaired) electrons. The number of amides is 3. The van der Waals surface area contributed by atoms with Gasteiger partial charge in [-0.05, 0) is 114 Å². The third-order valence-corrected chi connectivity index (χ3v) is 8.23. The zero-order valence-electron chi connectivity index (χ0n) is 26.7. The van der Waals surface area contributed by atoms with Crippen molar-refractivity contribution >= 4 is 46.5 Å². The molecule has 236 valence electrons. The summed E-state index contributed by atoms with van der Waals surface area (Å²) >= 11 is 1.59. The quantitative estimate of drug-likeness (QED) is 0.244. The van der Waals surface area contributed by atoms with Gasteiger partial charge in [-0.25, -0.2) is 9.59 Å². The molecule has 3 aromatic rings. The van der Waals surface area contributed by atoms with Gasteiger partial charge in [-0.2, -0.15) is 0 Å². The van der Waals surface area contributed by atoms with Gasteiger partial charge < -0.3 is 25.0 Å². The van der Waals surface area contributed by atoms with Crippen LogP contribution in [0.1, 0.15) is 78.1 Å². The van der Waals surface area contributed by atoms with Gasteiger partial charge in [0.15, 0.2) is 0 Å². The van der Waals surface area contributed by atoms with Crippen molar-refractivity contribution in [3.63, 3.8) is 0 Å². The third kappa shape index (κ3) is 8.98. The second kappa shape index (κ2) is 13.3. The molecule has 9 nitrogen and oxygen atoms in total. The SMILES string of the molecule is CCC1(Nc2ccc(C(=O)Nc3cc(-c4cccs4)ccc3NC(=O)OC(C)(C)C)cc2)CCN(C(=O)OC(C)(C)C)CC1. The Labute approximate surface area is 264 Å². The lowest BCUT2D eigenvalue weighted by atomic mass is 9.84. The van der Waals surface area contributed by atoms with E-state index in [-0.39, 0.29) is 17.5 Å². The van der Waals surface area contributed by atoms with Gasteiger partial charge in [0.25, 0.3) is 5.91 Å². The van der Waals surface area contributed by atoms with E-state index in [1.807, 2.05) is 62.5 Å². The lowest BCUT2D eigenvalue weighted by molar-refractivity contribution is 0.0175. The van der Waals surface area contributed by atoms with Crippen molar-refractivity contribution in [1.29, 1.82) is 0 Å². The van der Waals surface area contributed by atoms with Gasteiger partial charge in [0, 0.05) is 34.8 Å². The van der Waals surface area contributed by atoms with Crippen LogP contribution in [0, 0.1) is 0 Å². The van der Waals surface area contributed by atoms with E-state index in [4.69, 9.17) is 9.47 Å². The number of likely N-dealkylation sites (tertiary alicyclic amines) is 1. The molecule has 0 bridgehead atoms. The second-order valence-electron chi connectivity index (χ2n) is 13.1. The van der Waals surface area contributed by atoms with E-state index < -0.39 is 17.3 Å². The highest BCUT2D eigenvalue weighted by molar-refractivity contribution is 7.13. The number of anilines is 3. The number of ether oxygens (including phenoxy) is 2. The molecule has 0 aliphatic carbocycles. The lowest BCUT2D eigenvalue weighted by Crippen LogP contribution is -2.51. The third-order valence-electron chi connectivity index (χ3n) is 7.31. The molecule has 44 heavy (non-hydrogen) atoms. The number of carbonyl (C=O) groups excluding carboxylic acids is 3. The normalized spacial score (nSPS) is 14.8. The smallest absolute Gasteiger partial charge is 0.412 e. The van der Waals surface area contributed by atoms with E-state index >= 15 is 0 Å². The maximum atomic E-state index is 13.4. The number of hydrogen-bond donors (Lipinski definition) is 3. The van der Waals surface area contributed by atoms with Crippen LogP contribution in [-0.4, -0.2) is 52.8 Å². The monoisotopic (exact) mass is 620 g/mol. The van der Waals surface area contributed by atoms with E-state index in [1.54, 1.807) is 55.2 Å². The second-order valence-corrected chi connectivity index (χ2v) is 14.1. The molecule has 4 rings (SSSR count). The fourth-order valence-corrected chi connectivity index (χ4v) is 5.71. The van der Waals surface area contributed by atoms with Gasteiger partial charge in [-0.3, -0.25) is 10.1 Å². The Morgan fingerprint density at radius 3 is 2.09 bits per heavy atom. The van der Waals surface area contributed by atoms with Crippen molar-refractivity contribution in [2.24, 2.45) is 0 Å². The summed E-state index contributed by atoms with van der Waals surface area (Å²) in [6, 6.07) is 16.8. The minimum absolute atomic E-state index is 0.160. The van der Waals surface area contributed by atoms with Crippen molar-refractivity contribution in [2.75, 3.05) is 29.0 Å². The number of carbonyl (C=O) groups is 3. The highest BCUT2D eigenvalue weighted by atomic mass is 32.1. The summed E-state index contributed by atoms with van der Waals surface area (Å²) in [6.07, 6.45) is 1.60. The van der Waals surface area contributed by atoms with Gasteiger partial charge in [-0.1, -0.05) is 19.1 Å². The van der Waals surface area contributed by atoms with Crippen LogP contribution in [-0.2, 0) is 9.47 Å². The van der Waals surface area contributed by atoms with Crippen molar-refractivity contribution in [1.82, 2.24) is 4.90 Å². The summed E-state index contributed by atoms with van der Waals surface area (Å²) < 4.78 is 11.0. The summed E-state index contributed by atoms with van der Waals surface area (Å²) in [5.74, 6) is -0.303. The van der Waals surface area contributed by atoms with Crippen LogP contribution in [0.5, 0.6) is 0 Å². The predicted molar refractivity (Wildman–Crippen MR) is 178 cm³/mol. The van der Waals surface area contributed by atoms with Gasteiger partial charge in [0.1, 0.15) is 11.2 Å². The first-order valence-electron chi connectivity index (χ1n) is 15.0. The number of piperidine rings is 1. The maximum Gasteiger partial charge on any atom is 0.412 e. The fourth-order valence-electron chi connectivity index (χ4n) is 4.98. The van der Waals surface area contributed by atoms with Crippen LogP contribution < -0.4 is 16.0 Å². The average molecular weight is 621 g/mol. The van der Waals surface area contributed by atoms with Crippen LogP contribution in [0.4, 0.5) is 26.7 Å². The molecule has 2 aromatic carbocycles. The molecule has 0 saturated carbocycles. The Morgan fingerprint density at radius 2 is 1.52 bits per heavy atom. The van der Waals surface area contributed by atoms with Crippen LogP contribution in [0.2, 0.25) is 0 Å². The van der Waals surface area contributed by atoms with Crippen molar-refractivity contribution in [3.05, 3.63) is 65.5 Å². The molecule has 2 heterocycles. The fraction of sp³-hybridized carbons (Fsp3) is 0.441. The minimum atomic E-state index is -0.661. The Kier molecular flexibility index (Phi) is 9.93. The Balaban J connectivity index is 1.44. The molecular formula is C34H44N4O5S. The molecule has 1 aromatic heterocycles. The summed E-state index contributed by atoms with van der Waals surface area (Å²) in [5, 5.41) is 11.4. The average Bonchev–Trinajstić information content (AvgIpc) is 3.48. The Bertz CT molecular complexity index is 1450. The largest absolute Gasteiger partial charge is 0.444 e. The van der Waals surface area contributed by atoms with E-state index in [0.717, 1.165) is 35.4 Å². The van der Waals surface area contributed by atoms with Crippen molar-refractivity contribution < 1.29 is 23.9 Å². The van der Waals surface area contributed by atoms with Crippen LogP contribution in [0.3, 0.4) is 0 Å². The van der Waals surface area contributed by atoms with Crippen molar-refractivity contribution in [2.45, 2.75) is 84.5 Å². The van der Waals surface area contributed by atoms with E-state index in [1.165, 1.54) is 0 Å². The maximum absolute atomic E-state index is 13.4. The van der Waals surface area contributed by atoms with Crippen LogP contribution >= 0.6 is 11.3 Å². The zero-order chi connectivity index (χ0) is 32.1. The molecule has 0 unspecified atom stereocenters. The van der Waals surface area contributed by atoms with E-state index in [9.17, 15) is 14.4 Å². The summed E-state index contributed by atoms with van der Waals surface area (Å²) in [7, 11) is 0. The molecule has 0 spiro atoms. The first kappa shape index (κ1) is 32.9. The molecule has 3 N–H and O–H groups in total. The summed E-state index contributed by atoms with van der Waals surface area (Å²) in [6.45, 7) is 14.4. The number of nitrogens with zero attached hydrogens (tertiary/aromatic N) is 1. The van der Waals surface area contributed by atoms with Gasteiger partial charge in [0.2, 0.25) is 0 Å². The predicted octanol–water partition coefficient (Wildman–Crippen LogP) is 8.61. The topological polar surface area (TPSA) is 109 Å². The van der Waals surface area contributed by atoms with Gasteiger partial charge in [0.05, 0.1) is 11.4 Å². The number of benzene rings is 2. The highest BCUT2D eigenvalue weighted by Gasteiger charge is 2.36. The zero-order valence-corrected chi connectivity index (χ0v) is 27.5. The van der Waals surface area contributed by atoms with Gasteiger partial charge >= 0.3 is 12.2 Å². The number of thiophene rings is 1. The van der Waals surface area contributed by atoms with E-state index in [2.05, 4.69) is 22.9 Å². The number of hydrogen-bond acceptors (Lipinski definition) is 7. The number of nitrogens with one attached hydrogen (secondary N) is 3. The van der Waals surface area contributed by atoms with Crippen molar-refractivity contribution in [3.8, 4) is 10.4 Å². The molecule has 1 aliphatic heterocycles. The van der Waals surface area contributed by atoms with E-state index in [0.29, 0.717) is 30.0 Å². The molecule has 1 fully saturated rings. The van der Waals surface area contributed by atoms with Crippen LogP contribution in [0.25, 0.3) is 10.4 Å².